The van der Waals surface area contributed by atoms with Crippen molar-refractivity contribution in [2.45, 2.75) is 116 Å². The van der Waals surface area contributed by atoms with E-state index >= 15 is 0 Å². The Morgan fingerprint density at radius 3 is 1.32 bits per heavy atom. The molecule has 0 heterocycles. The van der Waals surface area contributed by atoms with Gasteiger partial charge in [-0.05, 0) is 38.5 Å². The number of nitrogens with zero attached hydrogens (tertiary/aromatic N) is 2. The number of rotatable bonds is 30. The fraction of sp³-hybridized carbons (Fsp3) is 0.824. The maximum absolute atomic E-state index is 10.6. The molecule has 272 valence electrons. The number of carbonyl (C=O) groups excluding carboxylic acids is 2. The molecule has 47 heavy (non-hydrogen) atoms. The first-order chi connectivity index (χ1) is 22.0. The molecule has 0 amide bonds. The summed E-state index contributed by atoms with van der Waals surface area (Å²) in [5.74, 6) is -2.16. The molecule has 0 fully saturated rings. The maximum Gasteiger partial charge on any atom is 2.00 e. The minimum Gasteiger partial charge on any atom is -0.550 e. The number of nitrogens with one attached hydrogen (secondary N) is 2. The van der Waals surface area contributed by atoms with E-state index in [1.165, 1.54) is 0 Å². The zero-order valence-electron chi connectivity index (χ0n) is 29.8. The van der Waals surface area contributed by atoms with Crippen molar-refractivity contribution in [1.82, 2.24) is 20.4 Å². The van der Waals surface area contributed by atoms with E-state index in [-0.39, 0.29) is 50.6 Å². The normalized spacial score (nSPS) is 14.2. The Labute approximate surface area is 314 Å². The van der Waals surface area contributed by atoms with Crippen molar-refractivity contribution < 1.29 is 40.2 Å². The van der Waals surface area contributed by atoms with Gasteiger partial charge in [-0.3, -0.25) is 9.80 Å². The molecule has 6 N–H and O–H groups in total. The Bertz CT molecular complexity index is 716. The van der Waals surface area contributed by atoms with Crippen LogP contribution in [-0.4, -0.2) is 170 Å². The van der Waals surface area contributed by atoms with Gasteiger partial charge in [0.2, 0.25) is 0 Å². The topological polar surface area (TPSA) is 192 Å². The fourth-order valence-electron chi connectivity index (χ4n) is 4.44. The predicted molar refractivity (Wildman–Crippen MR) is 186 cm³/mol. The number of unbranched alkanes of at least 4 members (excludes halogenated alkanes) is 2. The second-order valence-electron chi connectivity index (χ2n) is 11.7. The molecule has 0 radical (unpaired) electrons. The Kier molecular flexibility index (Phi) is 39.5. The molecule has 0 aromatic heterocycles. The van der Waals surface area contributed by atoms with E-state index < -0.39 is 36.4 Å². The molecule has 0 aliphatic rings. The summed E-state index contributed by atoms with van der Waals surface area (Å²) in [5, 5.41) is 66.8. The average Bonchev–Trinajstić information content (AvgIpc) is 3.02. The van der Waals surface area contributed by atoms with Gasteiger partial charge in [-0.15, -0.1) is 0 Å². The third-order valence-electron chi connectivity index (χ3n) is 7.09. The summed E-state index contributed by atoms with van der Waals surface area (Å²) in [6.07, 6.45) is 12.6. The first kappa shape index (κ1) is 50.7. The van der Waals surface area contributed by atoms with Crippen LogP contribution in [0.3, 0.4) is 0 Å². The van der Waals surface area contributed by atoms with Gasteiger partial charge >= 0.3 is 37.7 Å². The second kappa shape index (κ2) is 36.6. The van der Waals surface area contributed by atoms with Crippen molar-refractivity contribution >= 4 is 49.7 Å². The van der Waals surface area contributed by atoms with Gasteiger partial charge in [0.05, 0.1) is 24.4 Å². The fourth-order valence-corrected chi connectivity index (χ4v) is 4.44. The quantitative estimate of drug-likeness (QED) is 0.0318. The summed E-state index contributed by atoms with van der Waals surface area (Å²) in [4.78, 5) is 25.1. The van der Waals surface area contributed by atoms with E-state index in [0.717, 1.165) is 51.4 Å². The van der Waals surface area contributed by atoms with E-state index in [0.29, 0.717) is 65.4 Å². The molecule has 4 atom stereocenters. The summed E-state index contributed by atoms with van der Waals surface area (Å²) >= 11 is 0. The summed E-state index contributed by atoms with van der Waals surface area (Å²) in [5.41, 5.74) is 0. The van der Waals surface area contributed by atoms with Crippen LogP contribution in [0.5, 0.6) is 0 Å². The zero-order chi connectivity index (χ0) is 35.0. The molecule has 0 saturated heterocycles. The first-order valence-electron chi connectivity index (χ1n) is 17.3. The zero-order valence-corrected chi connectivity index (χ0v) is 32.0. The van der Waals surface area contributed by atoms with Crippen molar-refractivity contribution in [3.8, 4) is 0 Å². The number of carbonyl (C=O) groups is 2. The Balaban J connectivity index is -0.000000807. The van der Waals surface area contributed by atoms with Gasteiger partial charge in [0, 0.05) is 77.4 Å². The minimum absolute atomic E-state index is 0. The molecule has 0 saturated carbocycles. The van der Waals surface area contributed by atoms with Gasteiger partial charge < -0.3 is 50.9 Å². The number of hydrogen-bond donors (Lipinski definition) is 6. The van der Waals surface area contributed by atoms with E-state index in [9.17, 15) is 40.2 Å². The standard InChI is InChI=1S/2C17H34N2O4.Ca/c2*1-3-5-7-15(20)13-18-10-12-19(11-9-17(22)23)14-16(21)8-6-4-2;/h2*5,7,15-16,18,20-21H,3-4,6,8-14H2,1-2H3,(H,22,23);/q;;+2/p-2/b7-5+;7-5-;. The van der Waals surface area contributed by atoms with E-state index in [4.69, 9.17) is 0 Å². The maximum atomic E-state index is 10.6. The van der Waals surface area contributed by atoms with Crippen LogP contribution in [0.2, 0.25) is 0 Å². The summed E-state index contributed by atoms with van der Waals surface area (Å²) in [7, 11) is 0. The molecule has 4 unspecified atom stereocenters. The third kappa shape index (κ3) is 38.0. The van der Waals surface area contributed by atoms with Gasteiger partial charge in [-0.2, -0.15) is 0 Å². The van der Waals surface area contributed by atoms with E-state index in [1.54, 1.807) is 12.2 Å². The van der Waals surface area contributed by atoms with Crippen LogP contribution in [0, 0.1) is 0 Å². The number of carboxylic acid groups (broad SMARTS) is 2. The summed E-state index contributed by atoms with van der Waals surface area (Å²) in [6, 6.07) is 0. The smallest absolute Gasteiger partial charge is 0.550 e. The van der Waals surface area contributed by atoms with Crippen molar-refractivity contribution in [2.75, 3.05) is 65.4 Å². The van der Waals surface area contributed by atoms with Crippen LogP contribution >= 0.6 is 0 Å². The molecule has 0 aliphatic heterocycles. The van der Waals surface area contributed by atoms with E-state index in [1.807, 2.05) is 35.8 Å². The van der Waals surface area contributed by atoms with Gasteiger partial charge in [-0.1, -0.05) is 77.7 Å². The second-order valence-corrected chi connectivity index (χ2v) is 11.7. The van der Waals surface area contributed by atoms with Crippen molar-refractivity contribution in [1.29, 1.82) is 0 Å². The molecule has 0 spiro atoms. The largest absolute Gasteiger partial charge is 2.00 e. The Morgan fingerprint density at radius 1 is 0.660 bits per heavy atom. The summed E-state index contributed by atoms with van der Waals surface area (Å²) in [6.45, 7) is 13.3. The van der Waals surface area contributed by atoms with Gasteiger partial charge in [0.1, 0.15) is 0 Å². The number of hydrogen-bond acceptors (Lipinski definition) is 12. The van der Waals surface area contributed by atoms with Crippen molar-refractivity contribution in [2.24, 2.45) is 0 Å². The van der Waals surface area contributed by atoms with Gasteiger partial charge in [-0.25, -0.2) is 0 Å². The first-order valence-corrected chi connectivity index (χ1v) is 17.3. The van der Waals surface area contributed by atoms with Gasteiger partial charge in [0.15, 0.2) is 0 Å². The predicted octanol–water partition coefficient (Wildman–Crippen LogP) is -0.588. The molecule has 0 bridgehead atoms. The molecular formula is C34H66CaN4O8. The minimum atomic E-state index is -1.08. The number of aliphatic carboxylic acids is 2. The number of aliphatic hydroxyl groups is 4. The monoisotopic (exact) mass is 698 g/mol. The Hall–Kier alpha value is -0.640. The average molecular weight is 699 g/mol. The molecular weight excluding hydrogens is 632 g/mol. The number of aliphatic hydroxyl groups excluding tert-OH is 4. The van der Waals surface area contributed by atoms with Crippen LogP contribution in [-0.2, 0) is 9.59 Å². The van der Waals surface area contributed by atoms with Crippen LogP contribution in [0.1, 0.15) is 91.9 Å². The van der Waals surface area contributed by atoms with Crippen LogP contribution in [0.4, 0.5) is 0 Å². The molecule has 0 rings (SSSR count). The molecule has 0 aromatic rings. The number of carboxylic acids is 2. The third-order valence-corrected chi connectivity index (χ3v) is 7.09. The van der Waals surface area contributed by atoms with E-state index in [2.05, 4.69) is 24.5 Å². The summed E-state index contributed by atoms with van der Waals surface area (Å²) < 4.78 is 0. The van der Waals surface area contributed by atoms with Crippen LogP contribution in [0.15, 0.2) is 24.3 Å². The van der Waals surface area contributed by atoms with Crippen molar-refractivity contribution in [3.05, 3.63) is 24.3 Å². The number of allylic oxidation sites excluding steroid dienone is 2. The molecule has 13 heteroatoms. The van der Waals surface area contributed by atoms with Crippen LogP contribution < -0.4 is 20.8 Å². The van der Waals surface area contributed by atoms with Crippen LogP contribution in [0.25, 0.3) is 0 Å². The Morgan fingerprint density at radius 2 is 1.02 bits per heavy atom. The SMILES string of the molecule is CC/C=C/C(O)CNCCN(CCC(=O)[O-])CC(O)CCCC.CC/C=C\C(O)CNCCN(CCC(=O)[O-])CC(O)CCCC.[Ca+2]. The molecule has 0 aliphatic carbocycles. The molecule has 0 aromatic carbocycles. The van der Waals surface area contributed by atoms with Gasteiger partial charge in [0.25, 0.3) is 0 Å². The van der Waals surface area contributed by atoms with Crippen molar-refractivity contribution in [3.63, 3.8) is 0 Å². The molecule has 12 nitrogen and oxygen atoms in total.